The Labute approximate surface area is 198 Å². The van der Waals surface area contributed by atoms with E-state index in [1.54, 1.807) is 36.4 Å². The first kappa shape index (κ1) is 23.3. The van der Waals surface area contributed by atoms with Crippen LogP contribution in [0.5, 0.6) is 5.75 Å². The smallest absolute Gasteiger partial charge is 0.303 e. The Bertz CT molecular complexity index is 1400. The number of sulfonamides is 1. The molecule has 4 rings (SSSR count). The van der Waals surface area contributed by atoms with Crippen molar-refractivity contribution in [2.75, 3.05) is 11.3 Å². The van der Waals surface area contributed by atoms with Gasteiger partial charge in [0.15, 0.2) is 0 Å². The van der Waals surface area contributed by atoms with Crippen molar-refractivity contribution in [3.63, 3.8) is 0 Å². The lowest BCUT2D eigenvalue weighted by Gasteiger charge is -2.15. The molecule has 0 spiro atoms. The highest BCUT2D eigenvalue weighted by molar-refractivity contribution is 7.92. The largest absolute Gasteiger partial charge is 0.493 e. The van der Waals surface area contributed by atoms with Gasteiger partial charge in [0, 0.05) is 18.9 Å². The van der Waals surface area contributed by atoms with Gasteiger partial charge in [-0.2, -0.15) is 0 Å². The van der Waals surface area contributed by atoms with Gasteiger partial charge in [-0.15, -0.1) is 0 Å². The number of carbonyl (C=O) groups is 1. The lowest BCUT2D eigenvalue weighted by molar-refractivity contribution is -0.136. The molecule has 0 atom stereocenters. The normalized spacial score (nSPS) is 11.3. The maximum absolute atomic E-state index is 12.7. The highest BCUT2D eigenvalue weighted by Gasteiger charge is 2.15. The molecule has 6 nitrogen and oxygen atoms in total. The molecule has 0 fully saturated rings. The third-order valence-electron chi connectivity index (χ3n) is 5.44. The monoisotopic (exact) mass is 475 g/mol. The lowest BCUT2D eigenvalue weighted by atomic mass is 10.1. The second-order valence-electron chi connectivity index (χ2n) is 7.91. The first-order chi connectivity index (χ1) is 16.4. The number of benzene rings is 4. The van der Waals surface area contributed by atoms with E-state index in [4.69, 9.17) is 9.84 Å². The molecular formula is C27H25NO5S. The van der Waals surface area contributed by atoms with Crippen LogP contribution in [0.3, 0.4) is 0 Å². The van der Waals surface area contributed by atoms with E-state index in [-0.39, 0.29) is 17.7 Å². The average Bonchev–Trinajstić information content (AvgIpc) is 2.84. The first-order valence-corrected chi connectivity index (χ1v) is 12.4. The van der Waals surface area contributed by atoms with Crippen LogP contribution >= 0.6 is 0 Å². The quantitative estimate of drug-likeness (QED) is 0.326. The number of carboxylic acids is 1. The molecule has 0 amide bonds. The highest BCUT2D eigenvalue weighted by Crippen LogP contribution is 2.27. The number of anilines is 1. The van der Waals surface area contributed by atoms with Crippen LogP contribution in [0.4, 0.5) is 5.69 Å². The number of aryl methyl sites for hydroxylation is 1. The van der Waals surface area contributed by atoms with E-state index in [1.807, 2.05) is 12.1 Å². The van der Waals surface area contributed by atoms with E-state index in [9.17, 15) is 13.2 Å². The predicted molar refractivity (Wildman–Crippen MR) is 133 cm³/mol. The van der Waals surface area contributed by atoms with E-state index >= 15 is 0 Å². The molecule has 7 heteroatoms. The summed E-state index contributed by atoms with van der Waals surface area (Å²) in [4.78, 5) is 11.2. The third-order valence-corrected chi connectivity index (χ3v) is 6.84. The van der Waals surface area contributed by atoms with E-state index in [0.29, 0.717) is 30.0 Å². The summed E-state index contributed by atoms with van der Waals surface area (Å²) >= 11 is 0. The molecule has 0 aromatic heterocycles. The van der Waals surface area contributed by atoms with Crippen LogP contribution in [0.25, 0.3) is 10.8 Å². The number of carboxylic acid groups (broad SMARTS) is 1. The molecule has 0 aliphatic heterocycles. The fourth-order valence-corrected chi connectivity index (χ4v) is 4.76. The summed E-state index contributed by atoms with van der Waals surface area (Å²) in [5, 5.41) is 11.4. The Kier molecular flexibility index (Phi) is 7.13. The van der Waals surface area contributed by atoms with Crippen LogP contribution in [0, 0.1) is 0 Å². The van der Waals surface area contributed by atoms with Gasteiger partial charge in [-0.1, -0.05) is 66.7 Å². The zero-order valence-corrected chi connectivity index (χ0v) is 19.3. The van der Waals surface area contributed by atoms with Crippen molar-refractivity contribution in [3.8, 4) is 5.75 Å². The van der Waals surface area contributed by atoms with Crippen LogP contribution in [-0.2, 0) is 27.7 Å². The topological polar surface area (TPSA) is 92.7 Å². The summed E-state index contributed by atoms with van der Waals surface area (Å²) in [6.07, 6.45) is 0.894. The molecule has 0 bridgehead atoms. The number of rotatable bonds is 10. The maximum Gasteiger partial charge on any atom is 0.303 e. The molecule has 4 aromatic carbocycles. The Hall–Kier alpha value is -3.84. The second kappa shape index (κ2) is 10.4. The van der Waals surface area contributed by atoms with Crippen molar-refractivity contribution < 1.29 is 23.1 Å². The standard InChI is InChI=1S/C27H25NO5S/c29-27(30)15-13-22-12-14-24(28-34(31,32)25-8-2-1-3-9-25)19-26(22)33-17-16-20-10-11-21-6-4-5-7-23(21)18-20/h1-12,14,18-19,28H,13,15-17H2,(H,29,30). The summed E-state index contributed by atoms with van der Waals surface area (Å²) in [5.41, 5.74) is 2.18. The van der Waals surface area contributed by atoms with E-state index in [1.165, 1.54) is 17.5 Å². The lowest BCUT2D eigenvalue weighted by Crippen LogP contribution is -2.13. The van der Waals surface area contributed by atoms with Gasteiger partial charge < -0.3 is 9.84 Å². The Morgan fingerprint density at radius 1 is 0.824 bits per heavy atom. The number of nitrogens with one attached hydrogen (secondary N) is 1. The summed E-state index contributed by atoms with van der Waals surface area (Å²) in [6.45, 7) is 0.368. The van der Waals surface area contributed by atoms with Crippen LogP contribution in [0.15, 0.2) is 95.9 Å². The van der Waals surface area contributed by atoms with E-state index < -0.39 is 16.0 Å². The molecule has 0 unspecified atom stereocenters. The number of hydrogen-bond acceptors (Lipinski definition) is 4. The molecule has 0 saturated carbocycles. The third kappa shape index (κ3) is 5.94. The minimum absolute atomic E-state index is 0.0455. The molecule has 34 heavy (non-hydrogen) atoms. The molecular weight excluding hydrogens is 450 g/mol. The molecule has 4 aromatic rings. The van der Waals surface area contributed by atoms with Crippen LogP contribution in [0.1, 0.15) is 17.5 Å². The highest BCUT2D eigenvalue weighted by atomic mass is 32.2. The molecule has 0 aliphatic carbocycles. The van der Waals surface area contributed by atoms with Gasteiger partial charge in [0.05, 0.1) is 17.2 Å². The molecule has 0 heterocycles. The van der Waals surface area contributed by atoms with Crippen molar-refractivity contribution in [2.24, 2.45) is 0 Å². The summed E-state index contributed by atoms with van der Waals surface area (Å²) in [7, 11) is -3.75. The average molecular weight is 476 g/mol. The van der Waals surface area contributed by atoms with Gasteiger partial charge in [0.2, 0.25) is 0 Å². The Morgan fingerprint density at radius 3 is 2.32 bits per heavy atom. The molecule has 0 aliphatic rings. The molecule has 0 saturated heterocycles. The molecule has 174 valence electrons. The SMILES string of the molecule is O=C(O)CCc1ccc(NS(=O)(=O)c2ccccc2)cc1OCCc1ccc2ccccc2c1. The zero-order chi connectivity index (χ0) is 24.0. The summed E-state index contributed by atoms with van der Waals surface area (Å²) < 4.78 is 34.0. The number of hydrogen-bond donors (Lipinski definition) is 2. The van der Waals surface area contributed by atoms with Gasteiger partial charge in [0.1, 0.15) is 5.75 Å². The van der Waals surface area contributed by atoms with Crippen LogP contribution < -0.4 is 9.46 Å². The number of aliphatic carboxylic acids is 1. The first-order valence-electron chi connectivity index (χ1n) is 10.9. The maximum atomic E-state index is 12.7. The second-order valence-corrected chi connectivity index (χ2v) is 9.60. The number of fused-ring (bicyclic) bond motifs is 1. The summed E-state index contributed by atoms with van der Waals surface area (Å²) in [5.74, 6) is -0.439. The van der Waals surface area contributed by atoms with Crippen molar-refractivity contribution in [3.05, 3.63) is 102 Å². The molecule has 2 N–H and O–H groups in total. The fourth-order valence-electron chi connectivity index (χ4n) is 3.69. The van der Waals surface area contributed by atoms with E-state index in [0.717, 1.165) is 10.9 Å². The van der Waals surface area contributed by atoms with E-state index in [2.05, 4.69) is 35.1 Å². The molecule has 0 radical (unpaired) electrons. The van der Waals surface area contributed by atoms with Crippen LogP contribution in [-0.4, -0.2) is 26.1 Å². The predicted octanol–water partition coefficient (Wildman–Crippen LogP) is 5.28. The summed E-state index contributed by atoms with van der Waals surface area (Å²) in [6, 6.07) is 27.4. The Balaban J connectivity index is 1.51. The van der Waals surface area contributed by atoms with Crippen molar-refractivity contribution in [2.45, 2.75) is 24.2 Å². The van der Waals surface area contributed by atoms with Crippen molar-refractivity contribution in [1.82, 2.24) is 0 Å². The van der Waals surface area contributed by atoms with Gasteiger partial charge in [0.25, 0.3) is 10.0 Å². The Morgan fingerprint density at radius 2 is 1.56 bits per heavy atom. The van der Waals surface area contributed by atoms with Crippen molar-refractivity contribution >= 4 is 32.5 Å². The number of ether oxygens (including phenoxy) is 1. The van der Waals surface area contributed by atoms with Crippen molar-refractivity contribution in [1.29, 1.82) is 0 Å². The minimum atomic E-state index is -3.75. The van der Waals surface area contributed by atoms with Gasteiger partial charge in [-0.25, -0.2) is 8.42 Å². The van der Waals surface area contributed by atoms with Crippen LogP contribution in [0.2, 0.25) is 0 Å². The zero-order valence-electron chi connectivity index (χ0n) is 18.5. The van der Waals surface area contributed by atoms with Gasteiger partial charge in [-0.3, -0.25) is 9.52 Å². The van der Waals surface area contributed by atoms with Gasteiger partial charge >= 0.3 is 5.97 Å². The fraction of sp³-hybridized carbons (Fsp3) is 0.148. The minimum Gasteiger partial charge on any atom is -0.493 e. The van der Waals surface area contributed by atoms with Gasteiger partial charge in [-0.05, 0) is 46.5 Å².